The average molecular weight is 456 g/mol. The Balaban J connectivity index is 1.54. The van der Waals surface area contributed by atoms with Gasteiger partial charge in [0.15, 0.2) is 5.82 Å². The highest BCUT2D eigenvalue weighted by atomic mass is 16.5. The number of benzene rings is 3. The number of rotatable bonds is 8. The zero-order valence-corrected chi connectivity index (χ0v) is 19.6. The Hall–Kier alpha value is -3.71. The van der Waals surface area contributed by atoms with Crippen LogP contribution < -0.4 is 9.47 Å². The van der Waals surface area contributed by atoms with Crippen molar-refractivity contribution in [3.8, 4) is 11.5 Å². The Morgan fingerprint density at radius 3 is 2.50 bits per heavy atom. The third-order valence-corrected chi connectivity index (χ3v) is 6.52. The topological polar surface area (TPSA) is 65.3 Å². The predicted octanol–water partition coefficient (Wildman–Crippen LogP) is 4.08. The van der Waals surface area contributed by atoms with E-state index >= 15 is 0 Å². The van der Waals surface area contributed by atoms with Crippen molar-refractivity contribution in [3.05, 3.63) is 101 Å². The van der Waals surface area contributed by atoms with Crippen molar-refractivity contribution in [2.24, 2.45) is 0 Å². The summed E-state index contributed by atoms with van der Waals surface area (Å²) in [4.78, 5) is 2.43. The summed E-state index contributed by atoms with van der Waals surface area (Å²) >= 11 is 0. The molecular weight excluding hydrogens is 426 g/mol. The fourth-order valence-electron chi connectivity index (χ4n) is 4.74. The summed E-state index contributed by atoms with van der Waals surface area (Å²) in [5.41, 5.74) is 4.99. The van der Waals surface area contributed by atoms with Crippen LogP contribution in [-0.2, 0) is 25.9 Å². The Morgan fingerprint density at radius 2 is 1.71 bits per heavy atom. The van der Waals surface area contributed by atoms with Crippen molar-refractivity contribution < 1.29 is 9.47 Å². The van der Waals surface area contributed by atoms with Crippen LogP contribution in [-0.4, -0.2) is 45.9 Å². The lowest BCUT2D eigenvalue weighted by Gasteiger charge is -2.35. The normalized spacial score (nSPS) is 14.4. The van der Waals surface area contributed by atoms with E-state index in [1.165, 1.54) is 16.7 Å². The molecule has 3 aromatic carbocycles. The van der Waals surface area contributed by atoms with Gasteiger partial charge < -0.3 is 9.47 Å². The lowest BCUT2D eigenvalue weighted by Crippen LogP contribution is -2.36. The van der Waals surface area contributed by atoms with Crippen LogP contribution >= 0.6 is 0 Å². The van der Waals surface area contributed by atoms with Crippen molar-refractivity contribution >= 4 is 0 Å². The Morgan fingerprint density at radius 1 is 0.912 bits per heavy atom. The van der Waals surface area contributed by atoms with E-state index in [9.17, 15) is 0 Å². The van der Waals surface area contributed by atoms with Gasteiger partial charge in [-0.15, -0.1) is 5.10 Å². The summed E-state index contributed by atoms with van der Waals surface area (Å²) < 4.78 is 13.3. The maximum Gasteiger partial charge on any atom is 0.173 e. The molecule has 174 valence electrons. The van der Waals surface area contributed by atoms with E-state index in [1.54, 1.807) is 14.2 Å². The molecule has 5 rings (SSSR count). The summed E-state index contributed by atoms with van der Waals surface area (Å²) in [5, 5.41) is 13.0. The standard InChI is InChI=1S/C27H29N5O2/c1-33-23-12-13-25(34-2)24(18-23)26(31-16-15-21-10-6-7-11-22(21)19-31)27-28-29-30-32(27)17-14-20-8-4-3-5-9-20/h3-13,18,26H,14-17,19H2,1-2H3. The number of hydrogen-bond acceptors (Lipinski definition) is 6. The molecule has 7 heteroatoms. The summed E-state index contributed by atoms with van der Waals surface area (Å²) in [6.07, 6.45) is 1.83. The number of hydrogen-bond donors (Lipinski definition) is 0. The number of methoxy groups -OCH3 is 2. The molecular formula is C27H29N5O2. The number of fused-ring (bicyclic) bond motifs is 1. The van der Waals surface area contributed by atoms with Crippen molar-refractivity contribution in [3.63, 3.8) is 0 Å². The molecule has 0 saturated carbocycles. The lowest BCUT2D eigenvalue weighted by molar-refractivity contribution is 0.191. The molecule has 1 unspecified atom stereocenters. The highest BCUT2D eigenvalue weighted by molar-refractivity contribution is 5.45. The van der Waals surface area contributed by atoms with Crippen LogP contribution in [0.4, 0.5) is 0 Å². The summed E-state index contributed by atoms with van der Waals surface area (Å²) in [6.45, 7) is 2.40. The van der Waals surface area contributed by atoms with Gasteiger partial charge in [-0.3, -0.25) is 4.90 Å². The summed E-state index contributed by atoms with van der Waals surface area (Å²) in [6, 6.07) is 24.8. The van der Waals surface area contributed by atoms with Crippen LogP contribution in [0, 0.1) is 0 Å². The summed E-state index contributed by atoms with van der Waals surface area (Å²) in [5.74, 6) is 2.38. The largest absolute Gasteiger partial charge is 0.497 e. The first-order valence-corrected chi connectivity index (χ1v) is 11.6. The van der Waals surface area contributed by atoms with E-state index in [0.717, 1.165) is 48.8 Å². The highest BCUT2D eigenvalue weighted by Crippen LogP contribution is 2.38. The van der Waals surface area contributed by atoms with Crippen LogP contribution in [0.5, 0.6) is 11.5 Å². The fraction of sp³-hybridized carbons (Fsp3) is 0.296. The molecule has 1 atom stereocenters. The SMILES string of the molecule is COc1ccc(OC)c(C(c2nnnn2CCc2ccccc2)N2CCc3ccccc3C2)c1. The number of tetrazole rings is 1. The van der Waals surface area contributed by atoms with E-state index in [0.29, 0.717) is 6.54 Å². The zero-order valence-electron chi connectivity index (χ0n) is 19.6. The fourth-order valence-corrected chi connectivity index (χ4v) is 4.74. The van der Waals surface area contributed by atoms with Crippen molar-refractivity contribution in [1.29, 1.82) is 0 Å². The van der Waals surface area contributed by atoms with Crippen molar-refractivity contribution in [2.45, 2.75) is 32.0 Å². The van der Waals surface area contributed by atoms with E-state index in [4.69, 9.17) is 9.47 Å². The minimum absolute atomic E-state index is 0.177. The molecule has 0 amide bonds. The van der Waals surface area contributed by atoms with Gasteiger partial charge in [-0.05, 0) is 58.2 Å². The molecule has 2 heterocycles. The molecule has 7 nitrogen and oxygen atoms in total. The number of aromatic nitrogens is 4. The Kier molecular flexibility index (Phi) is 6.53. The van der Waals surface area contributed by atoms with Gasteiger partial charge in [0.1, 0.15) is 17.5 Å². The molecule has 0 saturated heterocycles. The number of aryl methyl sites for hydroxylation is 2. The molecule has 34 heavy (non-hydrogen) atoms. The second kappa shape index (κ2) is 10.1. The van der Waals surface area contributed by atoms with Gasteiger partial charge in [0.05, 0.1) is 14.2 Å². The first-order valence-electron chi connectivity index (χ1n) is 11.6. The zero-order chi connectivity index (χ0) is 23.3. The van der Waals surface area contributed by atoms with Gasteiger partial charge in [-0.25, -0.2) is 4.68 Å². The van der Waals surface area contributed by atoms with Gasteiger partial charge in [-0.1, -0.05) is 54.6 Å². The van der Waals surface area contributed by atoms with Crippen LogP contribution in [0.25, 0.3) is 0 Å². The van der Waals surface area contributed by atoms with E-state index in [-0.39, 0.29) is 6.04 Å². The molecule has 0 radical (unpaired) electrons. The molecule has 0 bridgehead atoms. The minimum Gasteiger partial charge on any atom is -0.497 e. The molecule has 0 spiro atoms. The summed E-state index contributed by atoms with van der Waals surface area (Å²) in [7, 11) is 3.38. The first-order chi connectivity index (χ1) is 16.8. The third-order valence-electron chi connectivity index (χ3n) is 6.52. The number of ether oxygens (including phenoxy) is 2. The second-order valence-electron chi connectivity index (χ2n) is 8.50. The molecule has 1 aromatic heterocycles. The maximum atomic E-state index is 5.79. The average Bonchev–Trinajstić information content (AvgIpc) is 3.36. The molecule has 1 aliphatic rings. The maximum absolute atomic E-state index is 5.79. The van der Waals surface area contributed by atoms with Crippen molar-refractivity contribution in [1.82, 2.24) is 25.1 Å². The van der Waals surface area contributed by atoms with E-state index in [1.807, 2.05) is 28.9 Å². The highest BCUT2D eigenvalue weighted by Gasteiger charge is 2.32. The van der Waals surface area contributed by atoms with Gasteiger partial charge in [0, 0.05) is 25.2 Å². The quantitative estimate of drug-likeness (QED) is 0.399. The van der Waals surface area contributed by atoms with Gasteiger partial charge in [-0.2, -0.15) is 0 Å². The van der Waals surface area contributed by atoms with Crippen molar-refractivity contribution in [2.75, 3.05) is 20.8 Å². The lowest BCUT2D eigenvalue weighted by atomic mass is 9.95. The monoisotopic (exact) mass is 455 g/mol. The van der Waals surface area contributed by atoms with Gasteiger partial charge in [0.25, 0.3) is 0 Å². The molecule has 4 aromatic rings. The second-order valence-corrected chi connectivity index (χ2v) is 8.50. The molecule has 0 N–H and O–H groups in total. The van der Waals surface area contributed by atoms with E-state index < -0.39 is 0 Å². The van der Waals surface area contributed by atoms with Gasteiger partial charge in [0.2, 0.25) is 0 Å². The molecule has 1 aliphatic heterocycles. The Labute approximate surface area is 199 Å². The van der Waals surface area contributed by atoms with Crippen LogP contribution in [0.15, 0.2) is 72.8 Å². The predicted molar refractivity (Wildman–Crippen MR) is 130 cm³/mol. The van der Waals surface area contributed by atoms with E-state index in [2.05, 4.69) is 69.0 Å². The smallest absolute Gasteiger partial charge is 0.173 e. The first kappa shape index (κ1) is 22.1. The van der Waals surface area contributed by atoms with Crippen LogP contribution in [0.1, 0.15) is 34.1 Å². The minimum atomic E-state index is -0.177. The van der Waals surface area contributed by atoms with Gasteiger partial charge >= 0.3 is 0 Å². The number of nitrogens with zero attached hydrogens (tertiary/aromatic N) is 5. The third kappa shape index (κ3) is 4.52. The van der Waals surface area contributed by atoms with Crippen LogP contribution in [0.3, 0.4) is 0 Å². The Bertz CT molecular complexity index is 1240. The van der Waals surface area contributed by atoms with Crippen LogP contribution in [0.2, 0.25) is 0 Å². The molecule has 0 fully saturated rings. The molecule has 0 aliphatic carbocycles.